The summed E-state index contributed by atoms with van der Waals surface area (Å²) < 4.78 is 11.7. The van der Waals surface area contributed by atoms with E-state index in [4.69, 9.17) is 9.47 Å². The van der Waals surface area contributed by atoms with E-state index in [2.05, 4.69) is 21.2 Å². The third-order valence-corrected chi connectivity index (χ3v) is 4.11. The molecular formula is C15H24BrNO4. The SMILES string of the molecule is CCOc1cc(CNC(CC)(CO)CO)cc(Br)c1OC. The minimum absolute atomic E-state index is 0.115. The van der Waals surface area contributed by atoms with E-state index >= 15 is 0 Å². The van der Waals surface area contributed by atoms with Crippen molar-refractivity contribution in [1.29, 1.82) is 0 Å². The molecule has 0 aliphatic rings. The van der Waals surface area contributed by atoms with Crippen molar-refractivity contribution in [2.24, 2.45) is 0 Å². The molecule has 0 aliphatic carbocycles. The van der Waals surface area contributed by atoms with Gasteiger partial charge in [0.05, 0.1) is 36.9 Å². The van der Waals surface area contributed by atoms with Gasteiger partial charge in [0.15, 0.2) is 11.5 Å². The van der Waals surface area contributed by atoms with Crippen molar-refractivity contribution in [2.75, 3.05) is 26.9 Å². The zero-order valence-electron chi connectivity index (χ0n) is 12.8. The molecule has 0 unspecified atom stereocenters. The zero-order valence-corrected chi connectivity index (χ0v) is 14.4. The van der Waals surface area contributed by atoms with Crippen LogP contribution in [-0.4, -0.2) is 42.7 Å². The molecule has 0 atom stereocenters. The van der Waals surface area contributed by atoms with Gasteiger partial charge in [0.2, 0.25) is 0 Å². The Balaban J connectivity index is 2.94. The molecule has 0 fully saturated rings. The molecular weight excluding hydrogens is 338 g/mol. The van der Waals surface area contributed by atoms with Gasteiger partial charge >= 0.3 is 0 Å². The minimum Gasteiger partial charge on any atom is -0.492 e. The highest BCUT2D eigenvalue weighted by molar-refractivity contribution is 9.10. The highest BCUT2D eigenvalue weighted by Crippen LogP contribution is 2.36. The summed E-state index contributed by atoms with van der Waals surface area (Å²) in [4.78, 5) is 0. The van der Waals surface area contributed by atoms with Gasteiger partial charge in [-0.1, -0.05) is 6.92 Å². The number of methoxy groups -OCH3 is 1. The number of aliphatic hydroxyl groups excluding tert-OH is 2. The summed E-state index contributed by atoms with van der Waals surface area (Å²) in [5.41, 5.74) is 0.309. The summed E-state index contributed by atoms with van der Waals surface area (Å²) in [6, 6.07) is 3.83. The van der Waals surface area contributed by atoms with Crippen LogP contribution in [0.3, 0.4) is 0 Å². The van der Waals surface area contributed by atoms with Crippen LogP contribution in [0.5, 0.6) is 11.5 Å². The molecule has 0 saturated carbocycles. The third-order valence-electron chi connectivity index (χ3n) is 3.52. The van der Waals surface area contributed by atoms with E-state index in [1.165, 1.54) is 0 Å². The number of rotatable bonds is 9. The summed E-state index contributed by atoms with van der Waals surface area (Å²) in [5.74, 6) is 1.33. The Morgan fingerprint density at radius 3 is 2.38 bits per heavy atom. The molecule has 1 rings (SSSR count). The molecule has 0 aliphatic heterocycles. The Labute approximate surface area is 134 Å². The van der Waals surface area contributed by atoms with Gasteiger partial charge in [-0.15, -0.1) is 0 Å². The van der Waals surface area contributed by atoms with Gasteiger partial charge in [-0.3, -0.25) is 0 Å². The predicted molar refractivity (Wildman–Crippen MR) is 85.9 cm³/mol. The van der Waals surface area contributed by atoms with Crippen molar-refractivity contribution in [1.82, 2.24) is 5.32 Å². The van der Waals surface area contributed by atoms with Crippen molar-refractivity contribution < 1.29 is 19.7 Å². The van der Waals surface area contributed by atoms with Crippen molar-refractivity contribution in [2.45, 2.75) is 32.4 Å². The summed E-state index contributed by atoms with van der Waals surface area (Å²) in [7, 11) is 1.60. The molecule has 0 saturated heterocycles. The predicted octanol–water partition coefficient (Wildman–Crippen LogP) is 2.08. The molecule has 120 valence electrons. The van der Waals surface area contributed by atoms with E-state index in [9.17, 15) is 10.2 Å². The van der Waals surface area contributed by atoms with Crippen LogP contribution < -0.4 is 14.8 Å². The highest BCUT2D eigenvalue weighted by atomic mass is 79.9. The van der Waals surface area contributed by atoms with Crippen molar-refractivity contribution in [3.8, 4) is 11.5 Å². The smallest absolute Gasteiger partial charge is 0.174 e. The highest BCUT2D eigenvalue weighted by Gasteiger charge is 2.25. The van der Waals surface area contributed by atoms with Crippen LogP contribution in [0.15, 0.2) is 16.6 Å². The van der Waals surface area contributed by atoms with E-state index in [1.807, 2.05) is 26.0 Å². The lowest BCUT2D eigenvalue weighted by Crippen LogP contribution is -2.50. The first-order chi connectivity index (χ1) is 10.1. The van der Waals surface area contributed by atoms with Crippen molar-refractivity contribution in [3.63, 3.8) is 0 Å². The largest absolute Gasteiger partial charge is 0.492 e. The summed E-state index contributed by atoms with van der Waals surface area (Å²) in [6.07, 6.45) is 0.635. The Morgan fingerprint density at radius 2 is 1.90 bits per heavy atom. The minimum atomic E-state index is -0.668. The van der Waals surface area contributed by atoms with Gasteiger partial charge in [-0.2, -0.15) is 0 Å². The lowest BCUT2D eigenvalue weighted by Gasteiger charge is -2.30. The molecule has 21 heavy (non-hydrogen) atoms. The maximum absolute atomic E-state index is 9.45. The number of ether oxygens (including phenoxy) is 2. The van der Waals surface area contributed by atoms with E-state index in [-0.39, 0.29) is 13.2 Å². The Morgan fingerprint density at radius 1 is 1.24 bits per heavy atom. The van der Waals surface area contributed by atoms with Crippen LogP contribution in [0, 0.1) is 0 Å². The topological polar surface area (TPSA) is 71.0 Å². The summed E-state index contributed by atoms with van der Waals surface area (Å²) in [6.45, 7) is 4.67. The van der Waals surface area contributed by atoms with E-state index in [1.54, 1.807) is 7.11 Å². The fraction of sp³-hybridized carbons (Fsp3) is 0.600. The number of nitrogens with one attached hydrogen (secondary N) is 1. The Hall–Kier alpha value is -0.820. The first-order valence-electron chi connectivity index (χ1n) is 7.01. The van der Waals surface area contributed by atoms with Crippen LogP contribution in [0.25, 0.3) is 0 Å². The summed E-state index contributed by atoms with van der Waals surface area (Å²) >= 11 is 3.47. The lowest BCUT2D eigenvalue weighted by atomic mass is 9.98. The second-order valence-electron chi connectivity index (χ2n) is 4.85. The van der Waals surface area contributed by atoms with Crippen LogP contribution >= 0.6 is 15.9 Å². The summed E-state index contributed by atoms with van der Waals surface area (Å²) in [5, 5.41) is 22.1. The molecule has 0 aromatic heterocycles. The van der Waals surface area contributed by atoms with Crippen LogP contribution in [-0.2, 0) is 6.54 Å². The van der Waals surface area contributed by atoms with Gasteiger partial charge in [-0.25, -0.2) is 0 Å². The molecule has 5 nitrogen and oxygen atoms in total. The molecule has 1 aromatic carbocycles. The first-order valence-corrected chi connectivity index (χ1v) is 7.81. The zero-order chi connectivity index (χ0) is 15.9. The maximum atomic E-state index is 9.45. The normalized spacial score (nSPS) is 11.5. The number of hydrogen-bond donors (Lipinski definition) is 3. The number of benzene rings is 1. The fourth-order valence-corrected chi connectivity index (χ4v) is 2.64. The van der Waals surface area contributed by atoms with Crippen molar-refractivity contribution in [3.05, 3.63) is 22.2 Å². The fourth-order valence-electron chi connectivity index (χ4n) is 1.98. The number of halogens is 1. The Kier molecular flexibility index (Phi) is 7.45. The molecule has 0 amide bonds. The standard InChI is InChI=1S/C15H24BrNO4/c1-4-15(9-18,10-19)17-8-11-6-12(16)14(20-3)13(7-11)21-5-2/h6-7,17-19H,4-5,8-10H2,1-3H3. The molecule has 6 heteroatoms. The molecule has 0 radical (unpaired) electrons. The van der Waals surface area contributed by atoms with E-state index < -0.39 is 5.54 Å². The number of aliphatic hydroxyl groups is 2. The lowest BCUT2D eigenvalue weighted by molar-refractivity contribution is 0.0864. The second kappa shape index (κ2) is 8.58. The Bertz CT molecular complexity index is 441. The quantitative estimate of drug-likeness (QED) is 0.628. The molecule has 3 N–H and O–H groups in total. The molecule has 1 aromatic rings. The number of hydrogen-bond acceptors (Lipinski definition) is 5. The molecule has 0 spiro atoms. The monoisotopic (exact) mass is 361 g/mol. The molecule has 0 heterocycles. The van der Waals surface area contributed by atoms with Gasteiger partial charge in [0.25, 0.3) is 0 Å². The van der Waals surface area contributed by atoms with Crippen LogP contribution in [0.2, 0.25) is 0 Å². The van der Waals surface area contributed by atoms with Gasteiger partial charge < -0.3 is 25.0 Å². The van der Waals surface area contributed by atoms with E-state index in [0.29, 0.717) is 31.1 Å². The van der Waals surface area contributed by atoms with Crippen LogP contribution in [0.4, 0.5) is 0 Å². The van der Waals surface area contributed by atoms with Gasteiger partial charge in [0, 0.05) is 6.54 Å². The van der Waals surface area contributed by atoms with Crippen LogP contribution in [0.1, 0.15) is 25.8 Å². The average Bonchev–Trinajstić information content (AvgIpc) is 2.49. The second-order valence-corrected chi connectivity index (χ2v) is 5.70. The average molecular weight is 362 g/mol. The van der Waals surface area contributed by atoms with Gasteiger partial charge in [0.1, 0.15) is 0 Å². The van der Waals surface area contributed by atoms with E-state index in [0.717, 1.165) is 10.0 Å². The maximum Gasteiger partial charge on any atom is 0.174 e. The van der Waals surface area contributed by atoms with Gasteiger partial charge in [-0.05, 0) is 47.0 Å². The van der Waals surface area contributed by atoms with Crippen molar-refractivity contribution >= 4 is 15.9 Å². The first kappa shape index (κ1) is 18.2. The third kappa shape index (κ3) is 4.57. The molecule has 0 bridgehead atoms.